The van der Waals surface area contributed by atoms with E-state index in [2.05, 4.69) is 0 Å². The van der Waals surface area contributed by atoms with E-state index in [1.807, 2.05) is 0 Å². The largest absolute Gasteiger partial charge is 0.481 e. The van der Waals surface area contributed by atoms with Gasteiger partial charge in [-0.15, -0.1) is 0 Å². The maximum atomic E-state index is 9.61. The van der Waals surface area contributed by atoms with Gasteiger partial charge in [-0.05, 0) is 0 Å². The summed E-state index contributed by atoms with van der Waals surface area (Å²) in [6.45, 7) is 0. The molecule has 0 unspecified atom stereocenters. The SMILES string of the molecule is N#CCCC(=O)O.[K]. The molecule has 0 heterocycles. The molecule has 8 heavy (non-hydrogen) atoms. The van der Waals surface area contributed by atoms with Gasteiger partial charge in [-0.25, -0.2) is 0 Å². The normalized spacial score (nSPS) is 6.38. The molecule has 0 aliphatic carbocycles. The van der Waals surface area contributed by atoms with Crippen molar-refractivity contribution >= 4 is 57.4 Å². The number of hydrogen-bond acceptors (Lipinski definition) is 2. The van der Waals surface area contributed by atoms with Gasteiger partial charge >= 0.3 is 5.97 Å². The molecule has 0 amide bonds. The van der Waals surface area contributed by atoms with E-state index in [1.54, 1.807) is 6.07 Å². The van der Waals surface area contributed by atoms with Crippen molar-refractivity contribution in [3.63, 3.8) is 0 Å². The van der Waals surface area contributed by atoms with E-state index >= 15 is 0 Å². The van der Waals surface area contributed by atoms with Crippen LogP contribution in [0.5, 0.6) is 0 Å². The van der Waals surface area contributed by atoms with Crippen LogP contribution < -0.4 is 0 Å². The van der Waals surface area contributed by atoms with Gasteiger partial charge in [0, 0.05) is 57.8 Å². The number of nitrogens with zero attached hydrogens (tertiary/aromatic N) is 1. The molecule has 4 heteroatoms. The molecule has 0 bridgehead atoms. The van der Waals surface area contributed by atoms with Crippen LogP contribution in [0.3, 0.4) is 0 Å². The molecule has 0 aliphatic heterocycles. The summed E-state index contributed by atoms with van der Waals surface area (Å²) < 4.78 is 0. The molecule has 1 radical (unpaired) electrons. The van der Waals surface area contributed by atoms with Gasteiger partial charge in [-0.2, -0.15) is 5.26 Å². The van der Waals surface area contributed by atoms with E-state index < -0.39 is 5.97 Å². The quantitative estimate of drug-likeness (QED) is 0.546. The molecule has 3 nitrogen and oxygen atoms in total. The standard InChI is InChI=1S/C4H5NO2.K/c5-3-1-2-4(6)7;/h1-2H2,(H,6,7);. The zero-order chi connectivity index (χ0) is 5.70. The minimum Gasteiger partial charge on any atom is -0.481 e. The summed E-state index contributed by atoms with van der Waals surface area (Å²) in [5, 5.41) is 15.7. The van der Waals surface area contributed by atoms with Crippen molar-refractivity contribution in [2.45, 2.75) is 12.8 Å². The first-order valence-corrected chi connectivity index (χ1v) is 1.86. The minimum atomic E-state index is -0.915. The van der Waals surface area contributed by atoms with Crippen molar-refractivity contribution in [2.24, 2.45) is 0 Å². The Hall–Kier alpha value is 0.596. The van der Waals surface area contributed by atoms with Crippen molar-refractivity contribution in [3.8, 4) is 6.07 Å². The van der Waals surface area contributed by atoms with Gasteiger partial charge in [0.1, 0.15) is 0 Å². The summed E-state index contributed by atoms with van der Waals surface area (Å²) in [4.78, 5) is 9.61. The minimum absolute atomic E-state index is 0. The maximum absolute atomic E-state index is 9.61. The number of aliphatic carboxylic acids is 1. The summed E-state index contributed by atoms with van der Waals surface area (Å²) in [5.41, 5.74) is 0. The molecule has 1 N–H and O–H groups in total. The second-order valence-corrected chi connectivity index (χ2v) is 1.05. The van der Waals surface area contributed by atoms with Gasteiger partial charge in [0.15, 0.2) is 0 Å². The van der Waals surface area contributed by atoms with Crippen LogP contribution in [0.4, 0.5) is 0 Å². The van der Waals surface area contributed by atoms with Gasteiger partial charge < -0.3 is 5.11 Å². The fraction of sp³-hybridized carbons (Fsp3) is 0.500. The average molecular weight is 138 g/mol. The van der Waals surface area contributed by atoms with Crippen LogP contribution in [0.25, 0.3) is 0 Å². The molecule has 0 fully saturated rings. The van der Waals surface area contributed by atoms with Gasteiger partial charge in [0.2, 0.25) is 0 Å². The van der Waals surface area contributed by atoms with Crippen LogP contribution in [0.2, 0.25) is 0 Å². The second-order valence-electron chi connectivity index (χ2n) is 1.05. The topological polar surface area (TPSA) is 61.1 Å². The molecule has 0 rings (SSSR count). The Morgan fingerprint density at radius 2 is 2.25 bits per heavy atom. The Bertz CT molecular complexity index is 107. The summed E-state index contributed by atoms with van der Waals surface area (Å²) in [7, 11) is 0. The number of carboxylic acid groups (broad SMARTS) is 1. The van der Waals surface area contributed by atoms with E-state index in [0.717, 1.165) is 0 Å². The van der Waals surface area contributed by atoms with Gasteiger partial charge in [-0.3, -0.25) is 4.79 Å². The first-order valence-electron chi connectivity index (χ1n) is 1.86. The molecule has 0 aromatic carbocycles. The molecule has 0 spiro atoms. The third kappa shape index (κ3) is 9.78. The Morgan fingerprint density at radius 3 is 2.38 bits per heavy atom. The molecule has 0 saturated carbocycles. The zero-order valence-electron chi connectivity index (χ0n) is 4.72. The molecule has 0 aliphatic rings. The number of carboxylic acids is 1. The maximum Gasteiger partial charge on any atom is 0.304 e. The Morgan fingerprint density at radius 1 is 1.75 bits per heavy atom. The molecule has 0 saturated heterocycles. The van der Waals surface area contributed by atoms with Crippen LogP contribution in [0.1, 0.15) is 12.8 Å². The Kier molecular flexibility index (Phi) is 10.8. The number of nitriles is 1. The van der Waals surface area contributed by atoms with E-state index in [0.29, 0.717) is 0 Å². The van der Waals surface area contributed by atoms with Crippen molar-refractivity contribution < 1.29 is 9.90 Å². The monoisotopic (exact) mass is 138 g/mol. The molecule has 0 atom stereocenters. The van der Waals surface area contributed by atoms with Gasteiger partial charge in [0.25, 0.3) is 0 Å². The first-order chi connectivity index (χ1) is 3.27. The molecule has 0 aromatic heterocycles. The fourth-order valence-corrected chi connectivity index (χ4v) is 0.163. The van der Waals surface area contributed by atoms with Crippen LogP contribution in [-0.4, -0.2) is 62.5 Å². The van der Waals surface area contributed by atoms with Crippen molar-refractivity contribution in [1.82, 2.24) is 0 Å². The van der Waals surface area contributed by atoms with Crippen LogP contribution in [0, 0.1) is 11.3 Å². The summed E-state index contributed by atoms with van der Waals surface area (Å²) in [5.74, 6) is -0.915. The van der Waals surface area contributed by atoms with Gasteiger partial charge in [0.05, 0.1) is 12.5 Å². The third-order valence-electron chi connectivity index (χ3n) is 0.451. The first kappa shape index (κ1) is 11.4. The predicted octanol–water partition coefficient (Wildman–Crippen LogP) is -0.00602. The number of rotatable bonds is 2. The second kappa shape index (κ2) is 7.60. The van der Waals surface area contributed by atoms with E-state index in [9.17, 15) is 4.79 Å². The molecular formula is C4H5KNO2. The summed E-state index contributed by atoms with van der Waals surface area (Å²) in [6.07, 6.45) is 0.0613. The molecular weight excluding hydrogens is 133 g/mol. The molecule has 39 valence electrons. The van der Waals surface area contributed by atoms with Crippen molar-refractivity contribution in [2.75, 3.05) is 0 Å². The van der Waals surface area contributed by atoms with E-state index in [-0.39, 0.29) is 64.2 Å². The number of carbonyl (C=O) groups is 1. The average Bonchev–Trinajstić information content (AvgIpc) is 1.61. The van der Waals surface area contributed by atoms with Crippen LogP contribution in [-0.2, 0) is 4.79 Å². The Balaban J connectivity index is 0. The predicted molar refractivity (Wildman–Crippen MR) is 28.2 cm³/mol. The fourth-order valence-electron chi connectivity index (χ4n) is 0.163. The van der Waals surface area contributed by atoms with Gasteiger partial charge in [-0.1, -0.05) is 0 Å². The van der Waals surface area contributed by atoms with Crippen molar-refractivity contribution in [1.29, 1.82) is 5.26 Å². The van der Waals surface area contributed by atoms with E-state index in [4.69, 9.17) is 10.4 Å². The zero-order valence-corrected chi connectivity index (χ0v) is 7.84. The molecule has 0 aromatic rings. The van der Waals surface area contributed by atoms with Crippen molar-refractivity contribution in [3.05, 3.63) is 0 Å². The van der Waals surface area contributed by atoms with Crippen LogP contribution >= 0.6 is 0 Å². The third-order valence-corrected chi connectivity index (χ3v) is 0.451. The number of hydrogen-bond donors (Lipinski definition) is 1. The van der Waals surface area contributed by atoms with Crippen LogP contribution in [0.15, 0.2) is 0 Å². The summed E-state index contributed by atoms with van der Waals surface area (Å²) in [6, 6.07) is 1.72. The van der Waals surface area contributed by atoms with E-state index in [1.165, 1.54) is 0 Å². The smallest absolute Gasteiger partial charge is 0.304 e. The summed E-state index contributed by atoms with van der Waals surface area (Å²) >= 11 is 0. The Labute approximate surface area is 90.1 Å².